The highest BCUT2D eigenvalue weighted by atomic mass is 16.5. The fourth-order valence-corrected chi connectivity index (χ4v) is 4.33. The Morgan fingerprint density at radius 3 is 2.75 bits per heavy atom. The zero-order chi connectivity index (χ0) is 19.2. The van der Waals surface area contributed by atoms with Crippen molar-refractivity contribution in [3.05, 3.63) is 60.2 Å². The van der Waals surface area contributed by atoms with Crippen molar-refractivity contribution in [3.63, 3.8) is 0 Å². The van der Waals surface area contributed by atoms with Gasteiger partial charge in [0.15, 0.2) is 0 Å². The molecule has 4 rings (SSSR count). The van der Waals surface area contributed by atoms with Crippen molar-refractivity contribution in [1.29, 1.82) is 0 Å². The van der Waals surface area contributed by atoms with Crippen molar-refractivity contribution in [2.24, 2.45) is 11.8 Å². The van der Waals surface area contributed by atoms with Crippen molar-refractivity contribution < 1.29 is 9.53 Å². The molecule has 0 saturated carbocycles. The topological polar surface area (TPSA) is 67.4 Å². The van der Waals surface area contributed by atoms with Gasteiger partial charge >= 0.3 is 0 Å². The third-order valence-corrected chi connectivity index (χ3v) is 5.74. The van der Waals surface area contributed by atoms with Crippen LogP contribution in [0.5, 0.6) is 0 Å². The summed E-state index contributed by atoms with van der Waals surface area (Å²) >= 11 is 0. The number of piperidine rings is 1. The number of nitrogens with zero attached hydrogens (tertiary/aromatic N) is 3. The van der Waals surface area contributed by atoms with E-state index in [1.807, 2.05) is 30.3 Å². The molecular weight excluding hydrogens is 352 g/mol. The van der Waals surface area contributed by atoms with Gasteiger partial charge in [0.05, 0.1) is 18.3 Å². The normalized spacial score (nSPS) is 24.0. The number of nitrogens with one attached hydrogen (secondary N) is 1. The predicted octanol–water partition coefficient (Wildman–Crippen LogP) is 2.70. The average molecular weight is 380 g/mol. The third-order valence-electron chi connectivity index (χ3n) is 5.74. The van der Waals surface area contributed by atoms with Crippen LogP contribution in [0.15, 0.2) is 48.8 Å². The number of hydrogen-bond acceptors (Lipinski definition) is 5. The lowest BCUT2D eigenvalue weighted by atomic mass is 9.87. The van der Waals surface area contributed by atoms with Gasteiger partial charge in [0.1, 0.15) is 5.69 Å². The van der Waals surface area contributed by atoms with Gasteiger partial charge in [-0.3, -0.25) is 14.8 Å². The van der Waals surface area contributed by atoms with Gasteiger partial charge in [0, 0.05) is 32.1 Å². The van der Waals surface area contributed by atoms with Crippen LogP contribution in [0.1, 0.15) is 41.5 Å². The molecule has 0 spiro atoms. The molecule has 1 amide bonds. The van der Waals surface area contributed by atoms with E-state index in [-0.39, 0.29) is 11.9 Å². The molecule has 2 aliphatic heterocycles. The number of pyridine rings is 2. The van der Waals surface area contributed by atoms with Gasteiger partial charge in [-0.05, 0) is 61.9 Å². The van der Waals surface area contributed by atoms with Crippen molar-refractivity contribution in [1.82, 2.24) is 20.2 Å². The highest BCUT2D eigenvalue weighted by Gasteiger charge is 2.32. The Morgan fingerprint density at radius 2 is 2.04 bits per heavy atom. The maximum atomic E-state index is 12.8. The van der Waals surface area contributed by atoms with Crippen LogP contribution in [0.2, 0.25) is 0 Å². The maximum absolute atomic E-state index is 12.8. The predicted molar refractivity (Wildman–Crippen MR) is 107 cm³/mol. The number of amides is 1. The minimum absolute atomic E-state index is 0.113. The SMILES string of the molecule is O=C(N[C@H](c1ccccn1)[C@@H]1CCCN(C[C@H]2CCOC2)C1)c1ccccn1. The molecule has 2 fully saturated rings. The number of hydrogen-bond donors (Lipinski definition) is 1. The second-order valence-electron chi connectivity index (χ2n) is 7.81. The molecule has 0 aromatic carbocycles. The molecule has 3 atom stereocenters. The Balaban J connectivity index is 1.49. The van der Waals surface area contributed by atoms with E-state index < -0.39 is 0 Å². The first kappa shape index (κ1) is 19.0. The highest BCUT2D eigenvalue weighted by molar-refractivity contribution is 5.92. The number of carbonyl (C=O) groups is 1. The van der Waals surface area contributed by atoms with Gasteiger partial charge in [-0.1, -0.05) is 12.1 Å². The Hall–Kier alpha value is -2.31. The van der Waals surface area contributed by atoms with Crippen LogP contribution in [0, 0.1) is 11.8 Å². The summed E-state index contributed by atoms with van der Waals surface area (Å²) in [5.74, 6) is 0.825. The molecule has 0 bridgehead atoms. The van der Waals surface area contributed by atoms with E-state index >= 15 is 0 Å². The van der Waals surface area contributed by atoms with Crippen molar-refractivity contribution in [3.8, 4) is 0 Å². The summed E-state index contributed by atoms with van der Waals surface area (Å²) in [5.41, 5.74) is 1.36. The quantitative estimate of drug-likeness (QED) is 0.835. The summed E-state index contributed by atoms with van der Waals surface area (Å²) in [5, 5.41) is 3.22. The van der Waals surface area contributed by atoms with Gasteiger partial charge in [-0.25, -0.2) is 0 Å². The van der Waals surface area contributed by atoms with E-state index in [1.54, 1.807) is 18.5 Å². The number of aromatic nitrogens is 2. The monoisotopic (exact) mass is 380 g/mol. The molecule has 28 heavy (non-hydrogen) atoms. The molecule has 6 nitrogen and oxygen atoms in total. The Kier molecular flexibility index (Phi) is 6.29. The largest absolute Gasteiger partial charge is 0.381 e. The molecule has 0 radical (unpaired) electrons. The summed E-state index contributed by atoms with van der Waals surface area (Å²) < 4.78 is 5.54. The Morgan fingerprint density at radius 1 is 1.18 bits per heavy atom. The first-order chi connectivity index (χ1) is 13.8. The summed E-state index contributed by atoms with van der Waals surface area (Å²) in [6.45, 7) is 4.94. The van der Waals surface area contributed by atoms with E-state index in [1.165, 1.54) is 0 Å². The van der Waals surface area contributed by atoms with Crippen LogP contribution in [0.25, 0.3) is 0 Å². The second-order valence-corrected chi connectivity index (χ2v) is 7.81. The molecule has 1 N–H and O–H groups in total. The minimum atomic E-state index is -0.141. The molecule has 2 aromatic heterocycles. The minimum Gasteiger partial charge on any atom is -0.381 e. The van der Waals surface area contributed by atoms with Crippen molar-refractivity contribution in [2.45, 2.75) is 25.3 Å². The Labute approximate surface area is 166 Å². The van der Waals surface area contributed by atoms with Crippen LogP contribution in [0.4, 0.5) is 0 Å². The molecular formula is C22H28N4O2. The highest BCUT2D eigenvalue weighted by Crippen LogP contribution is 2.30. The fraction of sp³-hybridized carbons (Fsp3) is 0.500. The summed E-state index contributed by atoms with van der Waals surface area (Å²) in [6, 6.07) is 11.2. The first-order valence-electron chi connectivity index (χ1n) is 10.2. The summed E-state index contributed by atoms with van der Waals surface area (Å²) in [7, 11) is 0. The van der Waals surface area contributed by atoms with Gasteiger partial charge in [-0.15, -0.1) is 0 Å². The lowest BCUT2D eigenvalue weighted by Crippen LogP contribution is -2.44. The van der Waals surface area contributed by atoms with Crippen LogP contribution >= 0.6 is 0 Å². The van der Waals surface area contributed by atoms with Crippen LogP contribution in [-0.4, -0.2) is 53.6 Å². The van der Waals surface area contributed by atoms with E-state index in [9.17, 15) is 4.79 Å². The standard InChI is InChI=1S/C22H28N4O2/c27-22(20-8-2-4-11-24-20)25-21(19-7-1-3-10-23-19)18-6-5-12-26(15-18)14-17-9-13-28-16-17/h1-4,7-8,10-11,17-18,21H,5-6,9,12-16H2,(H,25,27)/t17-,18-,21+/m1/s1. The van der Waals surface area contributed by atoms with Crippen LogP contribution < -0.4 is 5.32 Å². The van der Waals surface area contributed by atoms with E-state index in [0.29, 0.717) is 17.5 Å². The van der Waals surface area contributed by atoms with Gasteiger partial charge < -0.3 is 15.0 Å². The number of ether oxygens (including phenoxy) is 1. The van der Waals surface area contributed by atoms with Crippen LogP contribution in [-0.2, 0) is 4.74 Å². The number of carbonyl (C=O) groups excluding carboxylic acids is 1. The lowest BCUT2D eigenvalue weighted by Gasteiger charge is -2.38. The molecule has 148 valence electrons. The summed E-state index contributed by atoms with van der Waals surface area (Å²) in [4.78, 5) is 24.1. The molecule has 2 aromatic rings. The van der Waals surface area contributed by atoms with Crippen LogP contribution in [0.3, 0.4) is 0 Å². The fourth-order valence-electron chi connectivity index (χ4n) is 4.33. The summed E-state index contributed by atoms with van der Waals surface area (Å²) in [6.07, 6.45) is 6.83. The van der Waals surface area contributed by atoms with Gasteiger partial charge in [-0.2, -0.15) is 0 Å². The molecule has 4 heterocycles. The molecule has 2 aliphatic rings. The number of likely N-dealkylation sites (tertiary alicyclic amines) is 1. The van der Waals surface area contributed by atoms with E-state index in [0.717, 1.165) is 57.8 Å². The van der Waals surface area contributed by atoms with Gasteiger partial charge in [0.2, 0.25) is 0 Å². The zero-order valence-corrected chi connectivity index (χ0v) is 16.2. The Bertz CT molecular complexity index is 750. The smallest absolute Gasteiger partial charge is 0.270 e. The number of rotatable bonds is 6. The zero-order valence-electron chi connectivity index (χ0n) is 16.2. The van der Waals surface area contributed by atoms with Crippen molar-refractivity contribution in [2.75, 3.05) is 32.8 Å². The van der Waals surface area contributed by atoms with Gasteiger partial charge in [0.25, 0.3) is 5.91 Å². The van der Waals surface area contributed by atoms with E-state index in [2.05, 4.69) is 20.2 Å². The molecule has 0 aliphatic carbocycles. The average Bonchev–Trinajstić information content (AvgIpc) is 3.26. The molecule has 0 unspecified atom stereocenters. The molecule has 2 saturated heterocycles. The van der Waals surface area contributed by atoms with Crippen molar-refractivity contribution >= 4 is 5.91 Å². The van der Waals surface area contributed by atoms with E-state index in [4.69, 9.17) is 4.74 Å². The lowest BCUT2D eigenvalue weighted by molar-refractivity contribution is 0.0856. The third kappa shape index (κ3) is 4.75. The molecule has 6 heteroatoms. The maximum Gasteiger partial charge on any atom is 0.270 e. The second kappa shape index (κ2) is 9.26. The first-order valence-corrected chi connectivity index (χ1v) is 10.2.